The number of hydrogen-bond acceptors (Lipinski definition) is 6. The molecule has 1 aliphatic heterocycles. The zero-order valence-electron chi connectivity index (χ0n) is 17.7. The number of fused-ring (bicyclic) bond motifs is 1. The molecule has 3 saturated carbocycles. The van der Waals surface area contributed by atoms with E-state index >= 15 is 0 Å². The molecule has 5 atom stereocenters. The molecular weight excluding hydrogens is 372 g/mol. The second-order valence-electron chi connectivity index (χ2n) is 9.59. The van der Waals surface area contributed by atoms with Gasteiger partial charge in [0.25, 0.3) is 0 Å². The zero-order chi connectivity index (χ0) is 20.2. The van der Waals surface area contributed by atoms with E-state index in [4.69, 9.17) is 18.9 Å². The van der Waals surface area contributed by atoms with Crippen LogP contribution >= 0.6 is 0 Å². The second kappa shape index (κ2) is 9.78. The largest absolute Gasteiger partial charge is 0.465 e. The fourth-order valence-corrected chi connectivity index (χ4v) is 5.39. The monoisotopic (exact) mass is 408 g/mol. The maximum absolute atomic E-state index is 12.4. The molecule has 1 saturated heterocycles. The van der Waals surface area contributed by atoms with Crippen molar-refractivity contribution in [2.24, 2.45) is 23.7 Å². The summed E-state index contributed by atoms with van der Waals surface area (Å²) in [6.45, 7) is 1.07. The summed E-state index contributed by atoms with van der Waals surface area (Å²) < 4.78 is 22.2. The molecule has 29 heavy (non-hydrogen) atoms. The Morgan fingerprint density at radius 1 is 0.759 bits per heavy atom. The molecule has 6 heteroatoms. The molecule has 1 heterocycles. The van der Waals surface area contributed by atoms with Gasteiger partial charge in [-0.15, -0.1) is 0 Å². The molecule has 0 aromatic carbocycles. The molecule has 3 aliphatic carbocycles. The number of esters is 2. The Labute approximate surface area is 174 Å². The molecule has 0 aromatic rings. The molecule has 4 fully saturated rings. The van der Waals surface area contributed by atoms with Crippen molar-refractivity contribution in [1.82, 2.24) is 0 Å². The van der Waals surface area contributed by atoms with Crippen LogP contribution < -0.4 is 0 Å². The van der Waals surface area contributed by atoms with E-state index < -0.39 is 0 Å². The summed E-state index contributed by atoms with van der Waals surface area (Å²) in [6.07, 6.45) is 11.7. The third-order valence-corrected chi connectivity index (χ3v) is 7.52. The first kappa shape index (κ1) is 21.1. The van der Waals surface area contributed by atoms with Gasteiger partial charge in [0, 0.05) is 7.11 Å². The van der Waals surface area contributed by atoms with Crippen molar-refractivity contribution in [3.05, 3.63) is 0 Å². The lowest BCUT2D eigenvalue weighted by Gasteiger charge is -2.30. The summed E-state index contributed by atoms with van der Waals surface area (Å²) in [7, 11) is 1.72. The van der Waals surface area contributed by atoms with Crippen LogP contribution in [0.15, 0.2) is 0 Å². The molecule has 0 bridgehead atoms. The molecule has 4 aliphatic rings. The average molecular weight is 409 g/mol. The van der Waals surface area contributed by atoms with Crippen LogP contribution in [0.25, 0.3) is 0 Å². The predicted octanol–water partition coefficient (Wildman–Crippen LogP) is 3.65. The highest BCUT2D eigenvalue weighted by Gasteiger charge is 2.46. The van der Waals surface area contributed by atoms with Crippen molar-refractivity contribution < 1.29 is 28.5 Å². The van der Waals surface area contributed by atoms with Crippen molar-refractivity contribution in [3.8, 4) is 0 Å². The minimum absolute atomic E-state index is 0.000516. The summed E-state index contributed by atoms with van der Waals surface area (Å²) >= 11 is 0. The highest BCUT2D eigenvalue weighted by molar-refractivity contribution is 5.73. The smallest absolute Gasteiger partial charge is 0.309 e. The number of hydrogen-bond donors (Lipinski definition) is 0. The average Bonchev–Trinajstić information content (AvgIpc) is 3.55. The van der Waals surface area contributed by atoms with Crippen LogP contribution in [0, 0.1) is 23.7 Å². The van der Waals surface area contributed by atoms with Crippen LogP contribution in [0.2, 0.25) is 0 Å². The van der Waals surface area contributed by atoms with Crippen molar-refractivity contribution in [3.63, 3.8) is 0 Å². The van der Waals surface area contributed by atoms with Gasteiger partial charge in [0.1, 0.15) is 0 Å². The molecule has 6 nitrogen and oxygen atoms in total. The van der Waals surface area contributed by atoms with Gasteiger partial charge in [-0.3, -0.25) is 9.59 Å². The van der Waals surface area contributed by atoms with Crippen molar-refractivity contribution >= 4 is 11.9 Å². The minimum Gasteiger partial charge on any atom is -0.465 e. The molecule has 0 radical (unpaired) electrons. The van der Waals surface area contributed by atoms with E-state index in [1.807, 2.05) is 0 Å². The Bertz CT molecular complexity index is 570. The Morgan fingerprint density at radius 2 is 1.38 bits per heavy atom. The van der Waals surface area contributed by atoms with Crippen molar-refractivity contribution in [1.29, 1.82) is 0 Å². The summed E-state index contributed by atoms with van der Waals surface area (Å²) in [5, 5.41) is 0. The zero-order valence-corrected chi connectivity index (χ0v) is 17.7. The topological polar surface area (TPSA) is 74.4 Å². The van der Waals surface area contributed by atoms with Gasteiger partial charge >= 0.3 is 11.9 Å². The van der Waals surface area contributed by atoms with E-state index in [9.17, 15) is 9.59 Å². The predicted molar refractivity (Wildman–Crippen MR) is 106 cm³/mol. The van der Waals surface area contributed by atoms with E-state index in [-0.39, 0.29) is 29.9 Å². The third-order valence-electron chi connectivity index (χ3n) is 7.52. The van der Waals surface area contributed by atoms with Gasteiger partial charge in [-0.2, -0.15) is 0 Å². The van der Waals surface area contributed by atoms with Gasteiger partial charge in [0.15, 0.2) is 0 Å². The summed E-state index contributed by atoms with van der Waals surface area (Å²) in [4.78, 5) is 24.7. The van der Waals surface area contributed by atoms with Crippen LogP contribution in [0.1, 0.15) is 70.6 Å². The SMILES string of the molecule is COC1CCCC(C(=O)OCC2CCC(COC(=O)C3CCC4OC4C3)CC2)C1. The summed E-state index contributed by atoms with van der Waals surface area (Å²) in [5.74, 6) is 0.844. The normalized spacial score (nSPS) is 39.3. The van der Waals surface area contributed by atoms with Crippen LogP contribution in [-0.2, 0) is 28.5 Å². The molecular formula is C23H36O6. The maximum atomic E-state index is 12.4. The van der Waals surface area contributed by atoms with Gasteiger partial charge in [0.05, 0.1) is 43.4 Å². The standard InChI is InChI=1S/C23H36O6/c1-26-19-4-2-3-17(11-19)22(24)27-13-15-5-7-16(8-6-15)14-28-23(25)18-9-10-20-21(12-18)29-20/h15-21H,2-14H2,1H3. The van der Waals surface area contributed by atoms with Gasteiger partial charge in [-0.1, -0.05) is 6.42 Å². The highest BCUT2D eigenvalue weighted by Crippen LogP contribution is 2.40. The number of rotatable bonds is 7. The third kappa shape index (κ3) is 5.72. The van der Waals surface area contributed by atoms with E-state index in [0.29, 0.717) is 37.3 Å². The minimum atomic E-state index is -0.0443. The van der Waals surface area contributed by atoms with E-state index in [1.165, 1.54) is 0 Å². The molecule has 4 rings (SSSR count). The van der Waals surface area contributed by atoms with Crippen molar-refractivity contribution in [2.75, 3.05) is 20.3 Å². The number of methoxy groups -OCH3 is 1. The lowest BCUT2D eigenvalue weighted by Crippen LogP contribution is -2.30. The van der Waals surface area contributed by atoms with Gasteiger partial charge < -0.3 is 18.9 Å². The van der Waals surface area contributed by atoms with Crippen molar-refractivity contribution in [2.45, 2.75) is 88.9 Å². The van der Waals surface area contributed by atoms with Gasteiger partial charge in [-0.25, -0.2) is 0 Å². The Morgan fingerprint density at radius 3 is 1.97 bits per heavy atom. The summed E-state index contributed by atoms with van der Waals surface area (Å²) in [5.41, 5.74) is 0. The van der Waals surface area contributed by atoms with Gasteiger partial charge in [-0.05, 0) is 76.0 Å². The lowest BCUT2D eigenvalue weighted by atomic mass is 9.82. The Balaban J connectivity index is 1.09. The second-order valence-corrected chi connectivity index (χ2v) is 9.59. The maximum Gasteiger partial charge on any atom is 0.309 e. The van der Waals surface area contributed by atoms with Crippen LogP contribution in [0.3, 0.4) is 0 Å². The molecule has 164 valence electrons. The number of epoxide rings is 1. The van der Waals surface area contributed by atoms with E-state index in [2.05, 4.69) is 0 Å². The molecule has 0 aromatic heterocycles. The van der Waals surface area contributed by atoms with Crippen LogP contribution in [-0.4, -0.2) is 50.6 Å². The Kier molecular flexibility index (Phi) is 7.12. The summed E-state index contributed by atoms with van der Waals surface area (Å²) in [6, 6.07) is 0. The molecule has 0 N–H and O–H groups in total. The number of carbonyl (C=O) groups is 2. The first-order valence-electron chi connectivity index (χ1n) is 11.6. The number of ether oxygens (including phenoxy) is 4. The van der Waals surface area contributed by atoms with E-state index in [1.54, 1.807) is 7.11 Å². The fourth-order valence-electron chi connectivity index (χ4n) is 5.39. The van der Waals surface area contributed by atoms with Crippen LogP contribution in [0.5, 0.6) is 0 Å². The Hall–Kier alpha value is -1.14. The highest BCUT2D eigenvalue weighted by atomic mass is 16.6. The lowest BCUT2D eigenvalue weighted by molar-refractivity contribution is -0.154. The van der Waals surface area contributed by atoms with Crippen LogP contribution in [0.4, 0.5) is 0 Å². The first-order chi connectivity index (χ1) is 14.1. The quantitative estimate of drug-likeness (QED) is 0.473. The molecule has 0 amide bonds. The number of carbonyl (C=O) groups excluding carboxylic acids is 2. The van der Waals surface area contributed by atoms with Gasteiger partial charge in [0.2, 0.25) is 0 Å². The fraction of sp³-hybridized carbons (Fsp3) is 0.913. The molecule has 5 unspecified atom stereocenters. The molecule has 0 spiro atoms. The first-order valence-corrected chi connectivity index (χ1v) is 11.6. The van der Waals surface area contributed by atoms with E-state index in [0.717, 1.165) is 70.6 Å².